The van der Waals surface area contributed by atoms with Crippen molar-refractivity contribution < 1.29 is 14.3 Å². The second kappa shape index (κ2) is 9.43. The van der Waals surface area contributed by atoms with Crippen LogP contribution in [0, 0.1) is 5.92 Å². The fourth-order valence-corrected chi connectivity index (χ4v) is 3.85. The minimum atomic E-state index is -0.224. The van der Waals surface area contributed by atoms with E-state index >= 15 is 0 Å². The summed E-state index contributed by atoms with van der Waals surface area (Å²) in [4.78, 5) is 31.3. The summed E-state index contributed by atoms with van der Waals surface area (Å²) in [6, 6.07) is 19.0. The van der Waals surface area contributed by atoms with E-state index in [1.54, 1.807) is 36.5 Å². The van der Waals surface area contributed by atoms with Crippen molar-refractivity contribution in [2.24, 2.45) is 5.92 Å². The lowest BCUT2D eigenvalue weighted by Crippen LogP contribution is -2.43. The van der Waals surface area contributed by atoms with Crippen LogP contribution < -0.4 is 10.1 Å². The lowest BCUT2D eigenvalue weighted by Gasteiger charge is -2.32. The third kappa shape index (κ3) is 4.91. The minimum absolute atomic E-state index is 0.0532. The van der Waals surface area contributed by atoms with Crippen molar-refractivity contribution in [3.63, 3.8) is 0 Å². The van der Waals surface area contributed by atoms with Gasteiger partial charge in [0.05, 0.1) is 13.0 Å². The molecule has 1 fully saturated rings. The number of piperidine rings is 1. The van der Waals surface area contributed by atoms with E-state index in [1.807, 2.05) is 48.5 Å². The van der Waals surface area contributed by atoms with Crippen LogP contribution in [0.4, 0.5) is 5.69 Å². The quantitative estimate of drug-likeness (QED) is 0.676. The molecule has 1 unspecified atom stereocenters. The maximum atomic E-state index is 12.8. The molecule has 1 atom stereocenters. The first-order valence-corrected chi connectivity index (χ1v) is 10.4. The summed E-state index contributed by atoms with van der Waals surface area (Å²) < 4.78 is 5.29. The largest absolute Gasteiger partial charge is 0.497 e. The maximum absolute atomic E-state index is 12.8. The van der Waals surface area contributed by atoms with Crippen LogP contribution in [-0.4, -0.2) is 41.9 Å². The maximum Gasteiger partial charge on any atom is 0.253 e. The van der Waals surface area contributed by atoms with Gasteiger partial charge in [-0.15, -0.1) is 0 Å². The molecule has 1 aliphatic rings. The molecule has 2 amide bonds. The molecule has 31 heavy (non-hydrogen) atoms. The number of pyridine rings is 1. The zero-order valence-electron chi connectivity index (χ0n) is 17.5. The van der Waals surface area contributed by atoms with Gasteiger partial charge >= 0.3 is 0 Å². The van der Waals surface area contributed by atoms with Crippen molar-refractivity contribution in [3.8, 4) is 16.9 Å². The average Bonchev–Trinajstić information content (AvgIpc) is 2.84. The van der Waals surface area contributed by atoms with Gasteiger partial charge in [-0.25, -0.2) is 0 Å². The van der Waals surface area contributed by atoms with E-state index in [-0.39, 0.29) is 17.7 Å². The van der Waals surface area contributed by atoms with Crippen LogP contribution in [0.1, 0.15) is 23.2 Å². The van der Waals surface area contributed by atoms with Crippen molar-refractivity contribution in [3.05, 3.63) is 78.6 Å². The molecule has 0 spiro atoms. The summed E-state index contributed by atoms with van der Waals surface area (Å²) in [6.45, 7) is 1.09. The molecular weight excluding hydrogens is 390 g/mol. The van der Waals surface area contributed by atoms with Gasteiger partial charge in [0.1, 0.15) is 5.75 Å². The van der Waals surface area contributed by atoms with E-state index < -0.39 is 0 Å². The highest BCUT2D eigenvalue weighted by Crippen LogP contribution is 2.26. The Bertz CT molecular complexity index is 1050. The summed E-state index contributed by atoms with van der Waals surface area (Å²) in [5, 5.41) is 3.00. The molecule has 0 bridgehead atoms. The highest BCUT2D eigenvalue weighted by atomic mass is 16.5. The normalized spacial score (nSPS) is 15.9. The molecule has 1 aromatic heterocycles. The van der Waals surface area contributed by atoms with Crippen molar-refractivity contribution in [2.45, 2.75) is 12.8 Å². The number of hydrogen-bond donors (Lipinski definition) is 1. The van der Waals surface area contributed by atoms with Gasteiger partial charge in [-0.1, -0.05) is 24.3 Å². The standard InChI is InChI=1S/C25H25N3O3/c1-31-23-6-2-4-20(16-23)18-7-9-22(10-8-18)27-24(29)21-5-3-15-28(17-21)25(30)19-11-13-26-14-12-19/h2,4,6-14,16,21H,3,5,15,17H2,1H3,(H,27,29). The van der Waals surface area contributed by atoms with Gasteiger partial charge in [-0.3, -0.25) is 14.6 Å². The van der Waals surface area contributed by atoms with Gasteiger partial charge in [-0.2, -0.15) is 0 Å². The molecule has 1 N–H and O–H groups in total. The van der Waals surface area contributed by atoms with Crippen molar-refractivity contribution in [1.29, 1.82) is 0 Å². The fraction of sp³-hybridized carbons (Fsp3) is 0.240. The molecular formula is C25H25N3O3. The summed E-state index contributed by atoms with van der Waals surface area (Å²) in [7, 11) is 1.65. The first-order valence-electron chi connectivity index (χ1n) is 10.4. The Morgan fingerprint density at radius 2 is 1.81 bits per heavy atom. The Morgan fingerprint density at radius 1 is 1.03 bits per heavy atom. The molecule has 4 rings (SSSR count). The molecule has 3 aromatic rings. The topological polar surface area (TPSA) is 71.5 Å². The molecule has 2 aromatic carbocycles. The summed E-state index contributed by atoms with van der Waals surface area (Å²) in [5.41, 5.74) is 3.44. The first kappa shape index (κ1) is 20.6. The molecule has 0 aliphatic carbocycles. The molecule has 2 heterocycles. The number of carbonyl (C=O) groups is 2. The van der Waals surface area contributed by atoms with Gasteiger partial charge in [0.15, 0.2) is 0 Å². The Hall–Kier alpha value is -3.67. The van der Waals surface area contributed by atoms with E-state index in [4.69, 9.17) is 4.74 Å². The second-order valence-corrected chi connectivity index (χ2v) is 7.62. The number of hydrogen-bond acceptors (Lipinski definition) is 4. The number of methoxy groups -OCH3 is 1. The summed E-state index contributed by atoms with van der Waals surface area (Å²) >= 11 is 0. The Balaban J connectivity index is 1.39. The highest BCUT2D eigenvalue weighted by Gasteiger charge is 2.29. The molecule has 1 aliphatic heterocycles. The van der Waals surface area contributed by atoms with Crippen LogP contribution in [0.2, 0.25) is 0 Å². The lowest BCUT2D eigenvalue weighted by molar-refractivity contribution is -0.121. The van der Waals surface area contributed by atoms with Gasteiger partial charge in [0.2, 0.25) is 5.91 Å². The second-order valence-electron chi connectivity index (χ2n) is 7.62. The van der Waals surface area contributed by atoms with Crippen LogP contribution >= 0.6 is 0 Å². The molecule has 1 saturated heterocycles. The first-order chi connectivity index (χ1) is 15.1. The third-order valence-electron chi connectivity index (χ3n) is 5.56. The summed E-state index contributed by atoms with van der Waals surface area (Å²) in [5.74, 6) is 0.472. The Labute approximate surface area is 181 Å². The highest BCUT2D eigenvalue weighted by molar-refractivity contribution is 5.96. The predicted octanol–water partition coefficient (Wildman–Crippen LogP) is 4.25. The van der Waals surface area contributed by atoms with Crippen LogP contribution in [0.15, 0.2) is 73.1 Å². The number of carbonyl (C=O) groups excluding carboxylic acids is 2. The van der Waals surface area contributed by atoms with Crippen LogP contribution in [0.25, 0.3) is 11.1 Å². The fourth-order valence-electron chi connectivity index (χ4n) is 3.85. The average molecular weight is 415 g/mol. The van der Waals surface area contributed by atoms with Crippen LogP contribution in [0.5, 0.6) is 5.75 Å². The number of likely N-dealkylation sites (tertiary alicyclic amines) is 1. The number of ether oxygens (including phenoxy) is 1. The van der Waals surface area contributed by atoms with E-state index in [1.165, 1.54) is 0 Å². The Morgan fingerprint density at radius 3 is 2.55 bits per heavy atom. The zero-order valence-corrected chi connectivity index (χ0v) is 17.5. The minimum Gasteiger partial charge on any atom is -0.497 e. The molecule has 6 heteroatoms. The van der Waals surface area contributed by atoms with Crippen molar-refractivity contribution in [1.82, 2.24) is 9.88 Å². The number of nitrogens with zero attached hydrogens (tertiary/aromatic N) is 2. The number of anilines is 1. The van der Waals surface area contributed by atoms with E-state index in [9.17, 15) is 9.59 Å². The molecule has 6 nitrogen and oxygen atoms in total. The van der Waals surface area contributed by atoms with E-state index in [2.05, 4.69) is 10.3 Å². The smallest absolute Gasteiger partial charge is 0.253 e. The lowest BCUT2D eigenvalue weighted by atomic mass is 9.96. The Kier molecular flexibility index (Phi) is 6.26. The third-order valence-corrected chi connectivity index (χ3v) is 5.56. The van der Waals surface area contributed by atoms with E-state index in [0.717, 1.165) is 35.4 Å². The van der Waals surface area contributed by atoms with Crippen molar-refractivity contribution >= 4 is 17.5 Å². The SMILES string of the molecule is COc1cccc(-c2ccc(NC(=O)C3CCCN(C(=O)c4ccncc4)C3)cc2)c1. The van der Waals surface area contributed by atoms with Crippen LogP contribution in [0.3, 0.4) is 0 Å². The molecule has 0 saturated carbocycles. The van der Waals surface area contributed by atoms with E-state index in [0.29, 0.717) is 18.7 Å². The molecule has 0 radical (unpaired) electrons. The number of aromatic nitrogens is 1. The monoisotopic (exact) mass is 415 g/mol. The molecule has 158 valence electrons. The number of nitrogens with one attached hydrogen (secondary N) is 1. The zero-order chi connectivity index (χ0) is 21.6. The predicted molar refractivity (Wildman–Crippen MR) is 120 cm³/mol. The number of amides is 2. The summed E-state index contributed by atoms with van der Waals surface area (Å²) in [6.07, 6.45) is 4.80. The van der Waals surface area contributed by atoms with Gasteiger partial charge in [-0.05, 0) is 60.4 Å². The van der Waals surface area contributed by atoms with Gasteiger partial charge in [0.25, 0.3) is 5.91 Å². The number of rotatable bonds is 5. The van der Waals surface area contributed by atoms with Crippen LogP contribution in [-0.2, 0) is 4.79 Å². The van der Waals surface area contributed by atoms with Gasteiger partial charge in [0, 0.05) is 36.7 Å². The number of benzene rings is 2. The van der Waals surface area contributed by atoms with Gasteiger partial charge < -0.3 is 15.0 Å². The van der Waals surface area contributed by atoms with Crippen molar-refractivity contribution in [2.75, 3.05) is 25.5 Å².